The molecule has 3 amide bonds. The van der Waals surface area contributed by atoms with Gasteiger partial charge in [-0.3, -0.25) is 14.4 Å². The zero-order chi connectivity index (χ0) is 19.6. The van der Waals surface area contributed by atoms with Crippen LogP contribution >= 0.6 is 11.6 Å². The fourth-order valence-electron chi connectivity index (χ4n) is 2.69. The summed E-state index contributed by atoms with van der Waals surface area (Å²) in [4.78, 5) is 36.3. The van der Waals surface area contributed by atoms with Crippen LogP contribution in [0.1, 0.15) is 25.3 Å². The van der Waals surface area contributed by atoms with E-state index in [1.807, 2.05) is 13.0 Å². The summed E-state index contributed by atoms with van der Waals surface area (Å²) >= 11 is 6.08. The molecule has 0 aromatic heterocycles. The molecule has 7 heteroatoms. The van der Waals surface area contributed by atoms with Crippen molar-refractivity contribution >= 4 is 46.4 Å². The van der Waals surface area contributed by atoms with E-state index in [1.165, 1.54) is 6.92 Å². The van der Waals surface area contributed by atoms with Gasteiger partial charge in [-0.2, -0.15) is 0 Å². The fraction of sp³-hybridized carbons (Fsp3) is 0.250. The Balaban J connectivity index is 1.65. The van der Waals surface area contributed by atoms with Gasteiger partial charge >= 0.3 is 0 Å². The predicted octanol–water partition coefficient (Wildman–Crippen LogP) is 3.96. The monoisotopic (exact) mass is 385 g/mol. The highest BCUT2D eigenvalue weighted by Crippen LogP contribution is 2.47. The molecule has 0 bridgehead atoms. The second kappa shape index (κ2) is 7.40. The highest BCUT2D eigenvalue weighted by molar-refractivity contribution is 6.31. The van der Waals surface area contributed by atoms with Crippen molar-refractivity contribution in [3.63, 3.8) is 0 Å². The maximum absolute atomic E-state index is 12.6. The van der Waals surface area contributed by atoms with Gasteiger partial charge in [0.15, 0.2) is 0 Å². The number of anilines is 3. The molecule has 0 saturated heterocycles. The summed E-state index contributed by atoms with van der Waals surface area (Å²) in [6, 6.07) is 12.0. The van der Waals surface area contributed by atoms with Gasteiger partial charge in [0.25, 0.3) is 0 Å². The van der Waals surface area contributed by atoms with Crippen molar-refractivity contribution in [1.82, 2.24) is 0 Å². The molecule has 3 N–H and O–H groups in total. The summed E-state index contributed by atoms with van der Waals surface area (Å²) in [5.74, 6) is -0.850. The van der Waals surface area contributed by atoms with E-state index >= 15 is 0 Å². The van der Waals surface area contributed by atoms with Gasteiger partial charge < -0.3 is 16.0 Å². The Labute approximate surface area is 162 Å². The predicted molar refractivity (Wildman–Crippen MR) is 106 cm³/mol. The van der Waals surface area contributed by atoms with Crippen LogP contribution in [0, 0.1) is 12.3 Å². The van der Waals surface area contributed by atoms with Crippen LogP contribution in [0.25, 0.3) is 0 Å². The number of aryl methyl sites for hydroxylation is 1. The maximum atomic E-state index is 12.6. The van der Waals surface area contributed by atoms with Crippen LogP contribution in [0.15, 0.2) is 42.5 Å². The van der Waals surface area contributed by atoms with Crippen molar-refractivity contribution in [3.05, 3.63) is 53.1 Å². The van der Waals surface area contributed by atoms with Crippen LogP contribution in [0.2, 0.25) is 5.02 Å². The minimum atomic E-state index is -1.06. The Kier molecular flexibility index (Phi) is 5.19. The van der Waals surface area contributed by atoms with Crippen LogP contribution in [0.4, 0.5) is 17.1 Å². The summed E-state index contributed by atoms with van der Waals surface area (Å²) < 4.78 is 0. The molecule has 0 unspecified atom stereocenters. The van der Waals surface area contributed by atoms with Gasteiger partial charge in [0, 0.05) is 29.0 Å². The molecule has 1 aliphatic rings. The third-order valence-electron chi connectivity index (χ3n) is 4.51. The third-order valence-corrected chi connectivity index (χ3v) is 4.92. The van der Waals surface area contributed by atoms with Crippen molar-refractivity contribution < 1.29 is 14.4 Å². The van der Waals surface area contributed by atoms with Crippen molar-refractivity contribution in [2.24, 2.45) is 5.41 Å². The van der Waals surface area contributed by atoms with Crippen molar-refractivity contribution in [2.45, 2.75) is 26.7 Å². The molecule has 3 rings (SSSR count). The molecular formula is C20H20ClN3O3. The number of benzene rings is 2. The first kappa shape index (κ1) is 18.9. The van der Waals surface area contributed by atoms with Gasteiger partial charge in [-0.05, 0) is 61.7 Å². The van der Waals surface area contributed by atoms with E-state index < -0.39 is 5.41 Å². The third kappa shape index (κ3) is 4.28. The van der Waals surface area contributed by atoms with Gasteiger partial charge in [0.05, 0.1) is 0 Å². The van der Waals surface area contributed by atoms with Crippen molar-refractivity contribution in [3.8, 4) is 0 Å². The zero-order valence-electron chi connectivity index (χ0n) is 15.1. The second-order valence-electron chi connectivity index (χ2n) is 6.71. The number of amides is 3. The second-order valence-corrected chi connectivity index (χ2v) is 7.12. The van der Waals surface area contributed by atoms with Gasteiger partial charge in [0.1, 0.15) is 5.41 Å². The SMILES string of the molecule is CC(=O)Nc1ccc(NC(=O)C2(C(=O)Nc3ccc(C)c(Cl)c3)CC2)cc1. The standard InChI is InChI=1S/C20H20ClN3O3/c1-12-3-4-16(11-17(12)21)24-19(27)20(9-10-20)18(26)23-15-7-5-14(6-8-15)22-13(2)25/h3-8,11H,9-10H2,1-2H3,(H,22,25)(H,23,26)(H,24,27). The summed E-state index contributed by atoms with van der Waals surface area (Å²) in [5, 5.41) is 8.76. The lowest BCUT2D eigenvalue weighted by Crippen LogP contribution is -2.35. The number of hydrogen-bond acceptors (Lipinski definition) is 3. The molecule has 1 aliphatic carbocycles. The molecule has 0 atom stereocenters. The van der Waals surface area contributed by atoms with Crippen LogP contribution in [0.5, 0.6) is 0 Å². The lowest BCUT2D eigenvalue weighted by atomic mass is 10.0. The van der Waals surface area contributed by atoms with E-state index in [-0.39, 0.29) is 17.7 Å². The number of halogens is 1. The topological polar surface area (TPSA) is 87.3 Å². The molecular weight excluding hydrogens is 366 g/mol. The number of hydrogen-bond donors (Lipinski definition) is 3. The Morgan fingerprint density at radius 1 is 0.852 bits per heavy atom. The van der Waals surface area contributed by atoms with Gasteiger partial charge in [0.2, 0.25) is 17.7 Å². The lowest BCUT2D eigenvalue weighted by Gasteiger charge is -2.16. The van der Waals surface area contributed by atoms with Crippen molar-refractivity contribution in [1.29, 1.82) is 0 Å². The molecule has 0 radical (unpaired) electrons. The first-order valence-corrected chi connectivity index (χ1v) is 8.95. The lowest BCUT2D eigenvalue weighted by molar-refractivity contribution is -0.131. The summed E-state index contributed by atoms with van der Waals surface area (Å²) in [5.41, 5.74) is 1.61. The summed E-state index contributed by atoms with van der Waals surface area (Å²) in [6.45, 7) is 3.30. The first-order chi connectivity index (χ1) is 12.8. The van der Waals surface area contributed by atoms with Gasteiger partial charge in [-0.1, -0.05) is 17.7 Å². The van der Waals surface area contributed by atoms with Crippen LogP contribution in [-0.4, -0.2) is 17.7 Å². The molecule has 140 valence electrons. The quantitative estimate of drug-likeness (QED) is 0.680. The molecule has 0 aliphatic heterocycles. The summed E-state index contributed by atoms with van der Waals surface area (Å²) in [7, 11) is 0. The summed E-state index contributed by atoms with van der Waals surface area (Å²) in [6.07, 6.45) is 0.989. The molecule has 2 aromatic carbocycles. The molecule has 1 saturated carbocycles. The highest BCUT2D eigenvalue weighted by Gasteiger charge is 2.56. The molecule has 6 nitrogen and oxygen atoms in total. The number of carbonyl (C=O) groups excluding carboxylic acids is 3. The average molecular weight is 386 g/mol. The van der Waals surface area contributed by atoms with Gasteiger partial charge in [-0.15, -0.1) is 0 Å². The van der Waals surface area contributed by atoms with E-state index in [4.69, 9.17) is 11.6 Å². The minimum Gasteiger partial charge on any atom is -0.326 e. The number of nitrogens with one attached hydrogen (secondary N) is 3. The molecule has 0 heterocycles. The maximum Gasteiger partial charge on any atom is 0.240 e. The smallest absolute Gasteiger partial charge is 0.240 e. The Morgan fingerprint density at radius 3 is 1.81 bits per heavy atom. The first-order valence-electron chi connectivity index (χ1n) is 8.57. The van der Waals surface area contributed by atoms with E-state index in [0.717, 1.165) is 5.56 Å². The minimum absolute atomic E-state index is 0.170. The molecule has 1 fully saturated rings. The van der Waals surface area contributed by atoms with E-state index in [1.54, 1.807) is 36.4 Å². The molecule has 0 spiro atoms. The van der Waals surface area contributed by atoms with Gasteiger partial charge in [-0.25, -0.2) is 0 Å². The number of carbonyl (C=O) groups is 3. The van der Waals surface area contributed by atoms with Crippen LogP contribution in [-0.2, 0) is 14.4 Å². The number of rotatable bonds is 5. The zero-order valence-corrected chi connectivity index (χ0v) is 15.8. The normalized spacial score (nSPS) is 14.2. The van der Waals surface area contributed by atoms with Crippen LogP contribution in [0.3, 0.4) is 0 Å². The van der Waals surface area contributed by atoms with E-state index in [0.29, 0.717) is 34.9 Å². The Morgan fingerprint density at radius 2 is 1.33 bits per heavy atom. The largest absolute Gasteiger partial charge is 0.326 e. The fourth-order valence-corrected chi connectivity index (χ4v) is 2.88. The van der Waals surface area contributed by atoms with Crippen molar-refractivity contribution in [2.75, 3.05) is 16.0 Å². The Hall–Kier alpha value is -2.86. The van der Waals surface area contributed by atoms with Crippen LogP contribution < -0.4 is 16.0 Å². The Bertz CT molecular complexity index is 905. The highest BCUT2D eigenvalue weighted by atomic mass is 35.5. The molecule has 2 aromatic rings. The average Bonchev–Trinajstić information content (AvgIpc) is 3.41. The van der Waals surface area contributed by atoms with E-state index in [9.17, 15) is 14.4 Å². The molecule has 27 heavy (non-hydrogen) atoms. The van der Waals surface area contributed by atoms with E-state index in [2.05, 4.69) is 16.0 Å².